The fraction of sp³-hybridized carbons (Fsp3) is 0.176. The summed E-state index contributed by atoms with van der Waals surface area (Å²) >= 11 is 0. The van der Waals surface area contributed by atoms with Gasteiger partial charge in [-0.3, -0.25) is 9.78 Å². The third-order valence-electron chi connectivity index (χ3n) is 3.29. The van der Waals surface area contributed by atoms with Crippen LogP contribution in [-0.4, -0.2) is 17.5 Å². The van der Waals surface area contributed by atoms with Gasteiger partial charge in [0.1, 0.15) is 11.3 Å². The first-order chi connectivity index (χ1) is 11.2. The number of carbonyl (C=O) groups is 1. The zero-order chi connectivity index (χ0) is 16.1. The summed E-state index contributed by atoms with van der Waals surface area (Å²) in [5.74, 6) is 0.0998. The maximum atomic E-state index is 12.0. The zero-order valence-corrected chi connectivity index (χ0v) is 12.4. The Morgan fingerprint density at radius 3 is 2.78 bits per heavy atom. The summed E-state index contributed by atoms with van der Waals surface area (Å²) in [5, 5.41) is 2.77. The predicted molar refractivity (Wildman–Crippen MR) is 86.6 cm³/mol. The third-order valence-corrected chi connectivity index (χ3v) is 3.29. The van der Waals surface area contributed by atoms with Gasteiger partial charge in [0.05, 0.1) is 12.3 Å². The van der Waals surface area contributed by atoms with E-state index in [4.69, 9.17) is 9.15 Å². The van der Waals surface area contributed by atoms with E-state index in [0.29, 0.717) is 36.2 Å². The molecule has 2 N–H and O–H groups in total. The highest BCUT2D eigenvalue weighted by molar-refractivity contribution is 5.98. The number of rotatable bonds is 6. The van der Waals surface area contributed by atoms with E-state index in [2.05, 4.69) is 10.3 Å². The first-order valence-corrected chi connectivity index (χ1v) is 7.32. The van der Waals surface area contributed by atoms with Crippen LogP contribution in [-0.2, 0) is 4.79 Å². The summed E-state index contributed by atoms with van der Waals surface area (Å²) in [5.41, 5.74) is 1.44. The van der Waals surface area contributed by atoms with Crippen molar-refractivity contribution in [3.8, 4) is 5.75 Å². The van der Waals surface area contributed by atoms with Crippen LogP contribution in [0.4, 0.5) is 5.69 Å². The van der Waals surface area contributed by atoms with Gasteiger partial charge in [0, 0.05) is 6.42 Å². The van der Waals surface area contributed by atoms with Gasteiger partial charge in [-0.05, 0) is 30.7 Å². The van der Waals surface area contributed by atoms with Crippen molar-refractivity contribution in [1.82, 2.24) is 4.98 Å². The number of oxazole rings is 1. The second kappa shape index (κ2) is 6.83. The van der Waals surface area contributed by atoms with Gasteiger partial charge in [0.2, 0.25) is 5.91 Å². The monoisotopic (exact) mass is 312 g/mol. The summed E-state index contributed by atoms with van der Waals surface area (Å²) in [6, 6.07) is 14.5. The molecule has 3 rings (SSSR count). The molecule has 6 heteroatoms. The minimum atomic E-state index is -0.544. The first-order valence-electron chi connectivity index (χ1n) is 7.32. The summed E-state index contributed by atoms with van der Waals surface area (Å²) in [6.45, 7) is 0.462. The molecule has 0 radical (unpaired) electrons. The summed E-state index contributed by atoms with van der Waals surface area (Å²) in [6.07, 6.45) is 0.921. The Morgan fingerprint density at radius 1 is 1.13 bits per heavy atom. The molecule has 0 fully saturated rings. The quantitative estimate of drug-likeness (QED) is 0.685. The fourth-order valence-corrected chi connectivity index (χ4v) is 2.23. The second-order valence-corrected chi connectivity index (χ2v) is 5.01. The molecule has 0 saturated carbocycles. The fourth-order valence-electron chi connectivity index (χ4n) is 2.23. The van der Waals surface area contributed by atoms with E-state index >= 15 is 0 Å². The molecule has 1 heterocycles. The van der Waals surface area contributed by atoms with Crippen LogP contribution >= 0.6 is 0 Å². The lowest BCUT2D eigenvalue weighted by atomic mass is 10.2. The van der Waals surface area contributed by atoms with Crippen LogP contribution < -0.4 is 15.8 Å². The molecular formula is C17H16N2O4. The first kappa shape index (κ1) is 14.9. The van der Waals surface area contributed by atoms with Gasteiger partial charge >= 0.3 is 5.76 Å². The van der Waals surface area contributed by atoms with Gasteiger partial charge in [0.15, 0.2) is 5.58 Å². The van der Waals surface area contributed by atoms with Crippen molar-refractivity contribution in [2.24, 2.45) is 0 Å². The Hall–Kier alpha value is -3.02. The number of carbonyl (C=O) groups excluding carboxylic acids is 1. The van der Waals surface area contributed by atoms with Crippen LogP contribution in [0.2, 0.25) is 0 Å². The van der Waals surface area contributed by atoms with Gasteiger partial charge in [-0.1, -0.05) is 24.3 Å². The Labute approximate surface area is 132 Å². The van der Waals surface area contributed by atoms with E-state index < -0.39 is 5.76 Å². The molecule has 0 bridgehead atoms. The number of H-pyrrole nitrogens is 1. The molecule has 1 amide bonds. The maximum Gasteiger partial charge on any atom is 0.417 e. The van der Waals surface area contributed by atoms with Crippen molar-refractivity contribution in [3.63, 3.8) is 0 Å². The van der Waals surface area contributed by atoms with Crippen LogP contribution in [0.1, 0.15) is 12.8 Å². The molecule has 0 aliphatic carbocycles. The molecule has 0 saturated heterocycles. The minimum Gasteiger partial charge on any atom is -0.494 e. The van der Waals surface area contributed by atoms with E-state index in [1.807, 2.05) is 30.3 Å². The molecule has 1 aromatic heterocycles. The molecule has 0 unspecified atom stereocenters. The van der Waals surface area contributed by atoms with E-state index in [9.17, 15) is 9.59 Å². The average molecular weight is 312 g/mol. The lowest BCUT2D eigenvalue weighted by Gasteiger charge is -2.07. The maximum absolute atomic E-state index is 12.0. The molecule has 2 aromatic carbocycles. The van der Waals surface area contributed by atoms with Crippen molar-refractivity contribution < 1.29 is 13.9 Å². The Bertz CT molecular complexity index is 852. The van der Waals surface area contributed by atoms with Crippen LogP contribution in [0, 0.1) is 0 Å². The lowest BCUT2D eigenvalue weighted by molar-refractivity contribution is -0.116. The van der Waals surface area contributed by atoms with Crippen molar-refractivity contribution in [2.75, 3.05) is 11.9 Å². The molecule has 0 aliphatic heterocycles. The third kappa shape index (κ3) is 3.79. The van der Waals surface area contributed by atoms with Crippen LogP contribution in [0.3, 0.4) is 0 Å². The largest absolute Gasteiger partial charge is 0.494 e. The number of ether oxygens (including phenoxy) is 1. The number of anilines is 1. The van der Waals surface area contributed by atoms with Crippen LogP contribution in [0.5, 0.6) is 5.75 Å². The number of aromatic nitrogens is 1. The van der Waals surface area contributed by atoms with Gasteiger partial charge in [-0.25, -0.2) is 4.79 Å². The number of nitrogens with one attached hydrogen (secondary N) is 2. The van der Waals surface area contributed by atoms with Crippen LogP contribution in [0.25, 0.3) is 11.1 Å². The average Bonchev–Trinajstić information content (AvgIpc) is 2.94. The lowest BCUT2D eigenvalue weighted by Crippen LogP contribution is -2.13. The molecule has 118 valence electrons. The van der Waals surface area contributed by atoms with Gasteiger partial charge < -0.3 is 14.5 Å². The van der Waals surface area contributed by atoms with Gasteiger partial charge in [-0.2, -0.15) is 0 Å². The smallest absolute Gasteiger partial charge is 0.417 e. The number of aromatic amines is 1. The summed E-state index contributed by atoms with van der Waals surface area (Å²) < 4.78 is 10.5. The number of para-hydroxylation sites is 2. The Balaban J connectivity index is 1.52. The second-order valence-electron chi connectivity index (χ2n) is 5.01. The van der Waals surface area contributed by atoms with Crippen molar-refractivity contribution in [2.45, 2.75) is 12.8 Å². The highest BCUT2D eigenvalue weighted by atomic mass is 16.5. The summed E-state index contributed by atoms with van der Waals surface area (Å²) in [4.78, 5) is 25.8. The molecule has 3 aromatic rings. The predicted octanol–water partition coefficient (Wildman–Crippen LogP) is 2.92. The number of hydrogen-bond donors (Lipinski definition) is 2. The Kier molecular flexibility index (Phi) is 4.42. The van der Waals surface area contributed by atoms with E-state index in [1.54, 1.807) is 18.2 Å². The van der Waals surface area contributed by atoms with E-state index in [1.165, 1.54) is 0 Å². The van der Waals surface area contributed by atoms with Crippen molar-refractivity contribution >= 4 is 22.7 Å². The molecular weight excluding hydrogens is 296 g/mol. The molecule has 0 atom stereocenters. The zero-order valence-electron chi connectivity index (χ0n) is 12.4. The number of hydrogen-bond acceptors (Lipinski definition) is 4. The van der Waals surface area contributed by atoms with Crippen LogP contribution in [0.15, 0.2) is 57.7 Å². The van der Waals surface area contributed by atoms with Crippen molar-refractivity contribution in [1.29, 1.82) is 0 Å². The van der Waals surface area contributed by atoms with Crippen molar-refractivity contribution in [3.05, 3.63) is 59.1 Å². The Morgan fingerprint density at radius 2 is 1.96 bits per heavy atom. The topological polar surface area (TPSA) is 84.3 Å². The standard InChI is InChI=1S/C17H16N2O4/c20-15(10-5-11-22-12-6-2-1-3-7-12)18-13-8-4-9-14-16(13)19-17(21)23-14/h1-4,6-9H,5,10-11H2,(H,18,20)(H,19,21). The minimum absolute atomic E-state index is 0.142. The SMILES string of the molecule is O=C(CCCOc1ccccc1)Nc1cccc2oc(=O)[nH]c12. The highest BCUT2D eigenvalue weighted by Gasteiger charge is 2.09. The normalized spacial score (nSPS) is 10.6. The molecule has 0 spiro atoms. The summed E-state index contributed by atoms with van der Waals surface area (Å²) in [7, 11) is 0. The van der Waals surface area contributed by atoms with Gasteiger partial charge in [0.25, 0.3) is 0 Å². The van der Waals surface area contributed by atoms with E-state index in [0.717, 1.165) is 5.75 Å². The van der Waals surface area contributed by atoms with E-state index in [-0.39, 0.29) is 5.91 Å². The molecule has 6 nitrogen and oxygen atoms in total. The molecule has 23 heavy (non-hydrogen) atoms. The van der Waals surface area contributed by atoms with Gasteiger partial charge in [-0.15, -0.1) is 0 Å². The number of fused-ring (bicyclic) bond motifs is 1. The number of benzene rings is 2. The highest BCUT2D eigenvalue weighted by Crippen LogP contribution is 2.20. The number of amides is 1. The molecule has 0 aliphatic rings.